The summed E-state index contributed by atoms with van der Waals surface area (Å²) >= 11 is 0. The number of hydrogen-bond acceptors (Lipinski definition) is 3. The van der Waals surface area contributed by atoms with Gasteiger partial charge < -0.3 is 15.2 Å². The summed E-state index contributed by atoms with van der Waals surface area (Å²) in [6, 6.07) is 8.07. The molecule has 0 bridgehead atoms. The van der Waals surface area contributed by atoms with E-state index in [1.807, 2.05) is 42.9 Å². The number of hydrogen-bond donors (Lipinski definition) is 2. The van der Waals surface area contributed by atoms with Crippen molar-refractivity contribution in [3.05, 3.63) is 48.5 Å². The largest absolute Gasteiger partial charge is 0.350 e. The molecule has 2 N–H and O–H groups in total. The standard InChI is InChI=1S/C15H20N4O.2ClH/c1-12(18-15(20)6-7-16-2)13-4-3-5-14(10-13)19-9-8-17-11-19;;/h3-5,8-12,16H,6-7H2,1-2H3,(H,18,20);2*1H. The molecule has 2 rings (SSSR count). The summed E-state index contributed by atoms with van der Waals surface area (Å²) in [5, 5.41) is 5.97. The number of imidazole rings is 1. The van der Waals surface area contributed by atoms with Crippen LogP contribution in [-0.2, 0) is 4.79 Å². The molecule has 5 nitrogen and oxygen atoms in total. The number of aromatic nitrogens is 2. The van der Waals surface area contributed by atoms with Gasteiger partial charge in [-0.05, 0) is 31.7 Å². The minimum atomic E-state index is -0.0113. The molecule has 0 saturated heterocycles. The lowest BCUT2D eigenvalue weighted by atomic mass is 10.1. The van der Waals surface area contributed by atoms with Crippen molar-refractivity contribution < 1.29 is 4.79 Å². The average molecular weight is 345 g/mol. The van der Waals surface area contributed by atoms with Crippen molar-refractivity contribution in [3.8, 4) is 5.69 Å². The van der Waals surface area contributed by atoms with Gasteiger partial charge in [0, 0.05) is 31.0 Å². The Hall–Kier alpha value is -1.56. The Morgan fingerprint density at radius 1 is 1.36 bits per heavy atom. The molecular weight excluding hydrogens is 323 g/mol. The molecule has 1 atom stereocenters. The van der Waals surface area contributed by atoms with Gasteiger partial charge in [-0.15, -0.1) is 24.8 Å². The van der Waals surface area contributed by atoms with E-state index in [4.69, 9.17) is 0 Å². The Labute approximate surface area is 143 Å². The van der Waals surface area contributed by atoms with Crippen molar-refractivity contribution in [1.29, 1.82) is 0 Å². The molecule has 0 aliphatic carbocycles. The molecule has 2 aromatic rings. The fourth-order valence-corrected chi connectivity index (χ4v) is 2.00. The minimum Gasteiger partial charge on any atom is -0.350 e. The molecule has 1 aromatic carbocycles. The second-order valence-corrected chi connectivity index (χ2v) is 4.71. The molecule has 7 heteroatoms. The predicted molar refractivity (Wildman–Crippen MR) is 93.2 cm³/mol. The molecule has 0 aliphatic heterocycles. The molecule has 1 unspecified atom stereocenters. The number of benzene rings is 1. The quantitative estimate of drug-likeness (QED) is 0.846. The maximum Gasteiger partial charge on any atom is 0.221 e. The summed E-state index contributed by atoms with van der Waals surface area (Å²) in [5.41, 5.74) is 2.12. The van der Waals surface area contributed by atoms with Crippen molar-refractivity contribution in [2.75, 3.05) is 13.6 Å². The van der Waals surface area contributed by atoms with E-state index in [0.717, 1.165) is 11.3 Å². The number of halogens is 2. The van der Waals surface area contributed by atoms with Crippen molar-refractivity contribution >= 4 is 30.7 Å². The number of carbonyl (C=O) groups excluding carboxylic acids is 1. The van der Waals surface area contributed by atoms with Gasteiger partial charge in [0.1, 0.15) is 0 Å². The first-order valence-corrected chi connectivity index (χ1v) is 6.73. The first-order chi connectivity index (χ1) is 9.70. The van der Waals surface area contributed by atoms with Crippen LogP contribution in [0.4, 0.5) is 0 Å². The second-order valence-electron chi connectivity index (χ2n) is 4.71. The van der Waals surface area contributed by atoms with Gasteiger partial charge in [-0.2, -0.15) is 0 Å². The maximum absolute atomic E-state index is 11.7. The van der Waals surface area contributed by atoms with E-state index in [1.54, 1.807) is 12.5 Å². The molecule has 1 aromatic heterocycles. The van der Waals surface area contributed by atoms with E-state index in [9.17, 15) is 4.79 Å². The average Bonchev–Trinajstić information content (AvgIpc) is 2.99. The molecular formula is C15H22Cl2N4O. The number of amides is 1. The Morgan fingerprint density at radius 2 is 2.14 bits per heavy atom. The van der Waals surface area contributed by atoms with Gasteiger partial charge in [0.05, 0.1) is 12.4 Å². The fraction of sp³-hybridized carbons (Fsp3) is 0.333. The third kappa shape index (κ3) is 5.67. The highest BCUT2D eigenvalue weighted by molar-refractivity contribution is 5.85. The number of rotatable bonds is 6. The molecule has 0 spiro atoms. The van der Waals surface area contributed by atoms with Gasteiger partial charge in [-0.1, -0.05) is 12.1 Å². The van der Waals surface area contributed by atoms with Crippen LogP contribution in [-0.4, -0.2) is 29.1 Å². The van der Waals surface area contributed by atoms with Gasteiger partial charge in [0.15, 0.2) is 0 Å². The predicted octanol–water partition coefficient (Wildman–Crippen LogP) is 2.50. The van der Waals surface area contributed by atoms with Gasteiger partial charge in [-0.3, -0.25) is 4.79 Å². The Bertz CT molecular complexity index is 560. The number of nitrogens with zero attached hydrogens (tertiary/aromatic N) is 2. The third-order valence-corrected chi connectivity index (χ3v) is 3.15. The Balaban J connectivity index is 0.00000220. The van der Waals surface area contributed by atoms with E-state index < -0.39 is 0 Å². The van der Waals surface area contributed by atoms with Crippen molar-refractivity contribution in [2.45, 2.75) is 19.4 Å². The van der Waals surface area contributed by atoms with Crippen LogP contribution in [0.5, 0.6) is 0 Å². The molecule has 0 radical (unpaired) electrons. The van der Waals surface area contributed by atoms with Gasteiger partial charge in [-0.25, -0.2) is 4.98 Å². The second kappa shape index (κ2) is 10.2. The zero-order chi connectivity index (χ0) is 14.4. The van der Waals surface area contributed by atoms with E-state index in [-0.39, 0.29) is 36.8 Å². The molecule has 1 heterocycles. The lowest BCUT2D eigenvalue weighted by Gasteiger charge is -2.15. The summed E-state index contributed by atoms with van der Waals surface area (Å²) in [5.74, 6) is 0.0554. The third-order valence-electron chi connectivity index (χ3n) is 3.15. The van der Waals surface area contributed by atoms with Crippen LogP contribution >= 0.6 is 24.8 Å². The zero-order valence-corrected chi connectivity index (χ0v) is 14.3. The Kier molecular flexibility index (Phi) is 9.49. The van der Waals surface area contributed by atoms with Crippen molar-refractivity contribution in [3.63, 3.8) is 0 Å². The van der Waals surface area contributed by atoms with Crippen LogP contribution in [0.3, 0.4) is 0 Å². The molecule has 122 valence electrons. The normalized spacial score (nSPS) is 11.0. The highest BCUT2D eigenvalue weighted by Crippen LogP contribution is 2.16. The molecule has 0 aliphatic rings. The topological polar surface area (TPSA) is 59.0 Å². The first-order valence-electron chi connectivity index (χ1n) is 6.73. The van der Waals surface area contributed by atoms with Gasteiger partial charge in [0.25, 0.3) is 0 Å². The van der Waals surface area contributed by atoms with E-state index in [2.05, 4.69) is 21.7 Å². The minimum absolute atomic E-state index is 0. The summed E-state index contributed by atoms with van der Waals surface area (Å²) in [7, 11) is 1.84. The van der Waals surface area contributed by atoms with Crippen LogP contribution in [0.15, 0.2) is 43.0 Å². The molecule has 0 fully saturated rings. The van der Waals surface area contributed by atoms with Crippen LogP contribution in [0.25, 0.3) is 5.69 Å². The summed E-state index contributed by atoms with van der Waals surface area (Å²) in [4.78, 5) is 15.8. The molecule has 22 heavy (non-hydrogen) atoms. The maximum atomic E-state index is 11.7. The van der Waals surface area contributed by atoms with E-state index >= 15 is 0 Å². The van der Waals surface area contributed by atoms with Crippen molar-refractivity contribution in [2.24, 2.45) is 0 Å². The van der Waals surface area contributed by atoms with Gasteiger partial charge >= 0.3 is 0 Å². The van der Waals surface area contributed by atoms with Crippen LogP contribution in [0, 0.1) is 0 Å². The van der Waals surface area contributed by atoms with Crippen molar-refractivity contribution in [1.82, 2.24) is 20.2 Å². The van der Waals surface area contributed by atoms with E-state index in [1.165, 1.54) is 0 Å². The van der Waals surface area contributed by atoms with Crippen LogP contribution in [0.2, 0.25) is 0 Å². The summed E-state index contributed by atoms with van der Waals surface area (Å²) in [6.07, 6.45) is 5.89. The van der Waals surface area contributed by atoms with E-state index in [0.29, 0.717) is 13.0 Å². The number of carbonyl (C=O) groups is 1. The molecule has 0 saturated carbocycles. The van der Waals surface area contributed by atoms with Gasteiger partial charge in [0.2, 0.25) is 5.91 Å². The lowest BCUT2D eigenvalue weighted by Crippen LogP contribution is -2.29. The summed E-state index contributed by atoms with van der Waals surface area (Å²) < 4.78 is 1.94. The lowest BCUT2D eigenvalue weighted by molar-refractivity contribution is -0.121. The Morgan fingerprint density at radius 3 is 2.77 bits per heavy atom. The fourth-order valence-electron chi connectivity index (χ4n) is 2.00. The number of nitrogens with one attached hydrogen (secondary N) is 2. The smallest absolute Gasteiger partial charge is 0.221 e. The van der Waals surface area contributed by atoms with Crippen LogP contribution < -0.4 is 10.6 Å². The summed E-state index contributed by atoms with van der Waals surface area (Å²) in [6.45, 7) is 2.68. The molecule has 1 amide bonds. The highest BCUT2D eigenvalue weighted by Gasteiger charge is 2.09. The first kappa shape index (κ1) is 20.4. The monoisotopic (exact) mass is 344 g/mol. The van der Waals surface area contributed by atoms with Crippen LogP contribution in [0.1, 0.15) is 24.9 Å². The highest BCUT2D eigenvalue weighted by atomic mass is 35.5. The SMILES string of the molecule is CNCCC(=O)NC(C)c1cccc(-n2ccnc2)c1.Cl.Cl. The zero-order valence-electron chi connectivity index (χ0n) is 12.7.